The second-order valence-corrected chi connectivity index (χ2v) is 8.11. The largest absolute Gasteiger partial charge is 0.352 e. The molecule has 0 unspecified atom stereocenters. The van der Waals surface area contributed by atoms with Crippen molar-refractivity contribution in [3.05, 3.63) is 65.3 Å². The maximum absolute atomic E-state index is 13.0. The van der Waals surface area contributed by atoms with Crippen LogP contribution in [0.15, 0.2) is 54.6 Å². The molecular weight excluding hydrogens is 417 g/mol. The number of nitrogens with one attached hydrogen (secondary N) is 2. The van der Waals surface area contributed by atoms with Crippen LogP contribution in [-0.4, -0.2) is 29.6 Å². The first-order valence-electron chi connectivity index (χ1n) is 10.6. The Morgan fingerprint density at radius 3 is 2.43 bits per heavy atom. The predicted molar refractivity (Wildman–Crippen MR) is 127 cm³/mol. The number of para-hydroxylation sites is 2. The minimum absolute atomic E-state index is 0. The number of nitrogens with zero attached hydrogens (tertiary/aromatic N) is 1. The van der Waals surface area contributed by atoms with Crippen molar-refractivity contribution in [2.24, 2.45) is 0 Å². The molecule has 0 bridgehead atoms. The van der Waals surface area contributed by atoms with Crippen molar-refractivity contribution in [2.45, 2.75) is 44.6 Å². The molecule has 6 heteroatoms. The summed E-state index contributed by atoms with van der Waals surface area (Å²) in [6.07, 6.45) is 7.50. The molecule has 0 aliphatic heterocycles. The van der Waals surface area contributed by atoms with Gasteiger partial charge in [0.25, 0.3) is 5.91 Å². The van der Waals surface area contributed by atoms with Crippen LogP contribution in [0.2, 0.25) is 5.15 Å². The highest BCUT2D eigenvalue weighted by molar-refractivity contribution is 6.36. The van der Waals surface area contributed by atoms with Crippen LogP contribution >= 0.6 is 24.0 Å². The molecule has 1 heterocycles. The zero-order valence-electron chi connectivity index (χ0n) is 17.1. The molecular formula is C24H29Cl2N3O. The zero-order valence-corrected chi connectivity index (χ0v) is 18.6. The summed E-state index contributed by atoms with van der Waals surface area (Å²) in [5.74, 6) is -0.112. The Kier molecular flexibility index (Phi) is 8.20. The first kappa shape index (κ1) is 22.7. The van der Waals surface area contributed by atoms with Crippen molar-refractivity contribution in [1.29, 1.82) is 0 Å². The van der Waals surface area contributed by atoms with Gasteiger partial charge in [0.05, 0.1) is 11.1 Å². The molecule has 1 aliphatic rings. The second-order valence-electron chi connectivity index (χ2n) is 7.75. The highest BCUT2D eigenvalue weighted by Crippen LogP contribution is 2.33. The van der Waals surface area contributed by atoms with E-state index in [2.05, 4.69) is 10.6 Å². The van der Waals surface area contributed by atoms with Gasteiger partial charge in [-0.25, -0.2) is 0 Å². The molecule has 160 valence electrons. The average Bonchev–Trinajstić information content (AvgIpc) is 3.06. The fourth-order valence-electron chi connectivity index (χ4n) is 4.25. The third-order valence-corrected chi connectivity index (χ3v) is 6.09. The summed E-state index contributed by atoms with van der Waals surface area (Å²) >= 11 is 6.71. The average molecular weight is 446 g/mol. The van der Waals surface area contributed by atoms with Crippen LogP contribution in [-0.2, 0) is 0 Å². The normalized spacial score (nSPS) is 14.4. The lowest BCUT2D eigenvalue weighted by Crippen LogP contribution is -2.34. The lowest BCUT2D eigenvalue weighted by molar-refractivity contribution is 0.0955. The standard InChI is InChI=1S/C24H28ClN3O.ClH/c25-23-22(24(29)27-17-9-16-26-18-10-3-1-4-11-18)20-14-7-8-15-21(20)28(23)19-12-5-2-6-13-19;/h2,5-8,12-15,18,26H,1,3-4,9-11,16-17H2,(H,27,29);1H. The van der Waals surface area contributed by atoms with Gasteiger partial charge in [0.15, 0.2) is 0 Å². The summed E-state index contributed by atoms with van der Waals surface area (Å²) in [5.41, 5.74) is 2.43. The number of benzene rings is 2. The van der Waals surface area contributed by atoms with Crippen molar-refractivity contribution >= 4 is 40.8 Å². The van der Waals surface area contributed by atoms with E-state index < -0.39 is 0 Å². The van der Waals surface area contributed by atoms with Gasteiger partial charge >= 0.3 is 0 Å². The minimum atomic E-state index is -0.112. The first-order valence-corrected chi connectivity index (χ1v) is 11.0. The van der Waals surface area contributed by atoms with E-state index in [1.165, 1.54) is 32.1 Å². The molecule has 4 rings (SSSR count). The molecule has 2 aromatic carbocycles. The smallest absolute Gasteiger partial charge is 0.255 e. The van der Waals surface area contributed by atoms with Gasteiger partial charge in [0.2, 0.25) is 0 Å². The number of hydrogen-bond donors (Lipinski definition) is 2. The summed E-state index contributed by atoms with van der Waals surface area (Å²) in [7, 11) is 0. The van der Waals surface area contributed by atoms with E-state index in [9.17, 15) is 4.79 Å². The summed E-state index contributed by atoms with van der Waals surface area (Å²) in [5, 5.41) is 8.01. The van der Waals surface area contributed by atoms with Gasteiger partial charge in [-0.2, -0.15) is 0 Å². The van der Waals surface area contributed by atoms with Crippen molar-refractivity contribution in [3.8, 4) is 5.69 Å². The molecule has 3 aromatic rings. The number of hydrogen-bond acceptors (Lipinski definition) is 2. The van der Waals surface area contributed by atoms with Gasteiger partial charge in [-0.1, -0.05) is 67.3 Å². The summed E-state index contributed by atoms with van der Waals surface area (Å²) in [6.45, 7) is 1.57. The Morgan fingerprint density at radius 2 is 1.67 bits per heavy atom. The van der Waals surface area contributed by atoms with E-state index >= 15 is 0 Å². The molecule has 4 nitrogen and oxygen atoms in total. The number of amides is 1. The molecule has 1 saturated carbocycles. The van der Waals surface area contributed by atoms with Crippen LogP contribution in [0.1, 0.15) is 48.9 Å². The van der Waals surface area contributed by atoms with Crippen LogP contribution in [0, 0.1) is 0 Å². The van der Waals surface area contributed by atoms with Crippen LogP contribution in [0.5, 0.6) is 0 Å². The maximum Gasteiger partial charge on any atom is 0.255 e. The number of aromatic nitrogens is 1. The molecule has 30 heavy (non-hydrogen) atoms. The van der Waals surface area contributed by atoms with Crippen molar-refractivity contribution in [2.75, 3.05) is 13.1 Å². The SMILES string of the molecule is Cl.O=C(NCCCNC1CCCCC1)c1c(Cl)n(-c2ccccc2)c2ccccc12. The fraction of sp³-hybridized carbons (Fsp3) is 0.375. The molecule has 0 spiro atoms. The van der Waals surface area contributed by atoms with E-state index in [4.69, 9.17) is 11.6 Å². The van der Waals surface area contributed by atoms with Gasteiger partial charge < -0.3 is 10.6 Å². The Labute approximate surface area is 189 Å². The van der Waals surface area contributed by atoms with E-state index in [1.54, 1.807) is 0 Å². The van der Waals surface area contributed by atoms with E-state index in [1.807, 2.05) is 59.2 Å². The summed E-state index contributed by atoms with van der Waals surface area (Å²) in [6, 6.07) is 18.4. The summed E-state index contributed by atoms with van der Waals surface area (Å²) < 4.78 is 1.94. The fourth-order valence-corrected chi connectivity index (χ4v) is 4.62. The van der Waals surface area contributed by atoms with Crippen molar-refractivity contribution in [1.82, 2.24) is 15.2 Å². The molecule has 1 aliphatic carbocycles. The van der Waals surface area contributed by atoms with Gasteiger partial charge in [-0.15, -0.1) is 12.4 Å². The Bertz CT molecular complexity index is 965. The van der Waals surface area contributed by atoms with Crippen LogP contribution < -0.4 is 10.6 Å². The van der Waals surface area contributed by atoms with Gasteiger partial charge in [-0.05, 0) is 44.0 Å². The Morgan fingerprint density at radius 1 is 0.967 bits per heavy atom. The number of carbonyl (C=O) groups excluding carboxylic acids is 1. The molecule has 1 amide bonds. The number of rotatable bonds is 7. The van der Waals surface area contributed by atoms with Crippen molar-refractivity contribution < 1.29 is 4.79 Å². The Hall–Kier alpha value is -2.01. The molecule has 1 aromatic heterocycles. The molecule has 2 N–H and O–H groups in total. The minimum Gasteiger partial charge on any atom is -0.352 e. The van der Waals surface area contributed by atoms with Crippen molar-refractivity contribution in [3.63, 3.8) is 0 Å². The number of carbonyl (C=O) groups is 1. The van der Waals surface area contributed by atoms with E-state index in [0.717, 1.165) is 29.6 Å². The molecule has 0 atom stereocenters. The number of fused-ring (bicyclic) bond motifs is 1. The van der Waals surface area contributed by atoms with Crippen LogP contribution in [0.4, 0.5) is 0 Å². The van der Waals surface area contributed by atoms with Gasteiger partial charge in [0.1, 0.15) is 5.15 Å². The Balaban J connectivity index is 0.00000256. The van der Waals surface area contributed by atoms with E-state index in [-0.39, 0.29) is 18.3 Å². The van der Waals surface area contributed by atoms with Gasteiger partial charge in [-0.3, -0.25) is 9.36 Å². The quantitative estimate of drug-likeness (QED) is 0.454. The van der Waals surface area contributed by atoms with Crippen LogP contribution in [0.25, 0.3) is 16.6 Å². The maximum atomic E-state index is 13.0. The third kappa shape index (κ3) is 5.00. The van der Waals surface area contributed by atoms with Gasteiger partial charge in [0, 0.05) is 23.7 Å². The lowest BCUT2D eigenvalue weighted by Gasteiger charge is -2.22. The zero-order chi connectivity index (χ0) is 20.1. The number of halogens is 2. The topological polar surface area (TPSA) is 46.1 Å². The molecule has 0 radical (unpaired) electrons. The van der Waals surface area contributed by atoms with E-state index in [0.29, 0.717) is 23.3 Å². The monoisotopic (exact) mass is 445 g/mol. The molecule has 1 fully saturated rings. The second kappa shape index (κ2) is 10.9. The lowest BCUT2D eigenvalue weighted by atomic mass is 9.95. The summed E-state index contributed by atoms with van der Waals surface area (Å²) in [4.78, 5) is 13.0. The molecule has 0 saturated heterocycles. The highest BCUT2D eigenvalue weighted by Gasteiger charge is 2.21. The third-order valence-electron chi connectivity index (χ3n) is 5.74. The first-order chi connectivity index (χ1) is 14.3. The predicted octanol–water partition coefficient (Wildman–Crippen LogP) is 5.75. The highest BCUT2D eigenvalue weighted by atomic mass is 35.5. The van der Waals surface area contributed by atoms with Crippen LogP contribution in [0.3, 0.4) is 0 Å².